The molecule has 1 aliphatic heterocycles. The van der Waals surface area contributed by atoms with Gasteiger partial charge in [-0.15, -0.1) is 11.8 Å². The standard InChI is InChI=1S/C18H17N3O2S/c19-9-15-7-4-8-20-18(15)23-16-10-21(11-16)17(22)13-24-12-14-5-2-1-3-6-14/h1-8,16H,10-13H2. The first-order chi connectivity index (χ1) is 11.8. The minimum absolute atomic E-state index is 0.0879. The topological polar surface area (TPSA) is 66.2 Å². The van der Waals surface area contributed by atoms with Crippen molar-refractivity contribution in [3.05, 3.63) is 59.8 Å². The number of hydrogen-bond donors (Lipinski definition) is 0. The van der Waals surface area contributed by atoms with Crippen molar-refractivity contribution in [2.75, 3.05) is 18.8 Å². The van der Waals surface area contributed by atoms with Crippen LogP contribution in [0.25, 0.3) is 0 Å². The summed E-state index contributed by atoms with van der Waals surface area (Å²) in [5.41, 5.74) is 1.64. The highest BCUT2D eigenvalue weighted by Crippen LogP contribution is 2.20. The predicted octanol–water partition coefficient (Wildman–Crippen LogP) is 2.48. The molecule has 0 atom stereocenters. The number of nitriles is 1. The fraction of sp³-hybridized carbons (Fsp3) is 0.278. The maximum absolute atomic E-state index is 12.1. The Labute approximate surface area is 145 Å². The van der Waals surface area contributed by atoms with Gasteiger partial charge in [0.05, 0.1) is 18.8 Å². The van der Waals surface area contributed by atoms with Gasteiger partial charge in [-0.05, 0) is 17.7 Å². The number of likely N-dealkylation sites (tertiary alicyclic amines) is 1. The highest BCUT2D eigenvalue weighted by Gasteiger charge is 2.32. The van der Waals surface area contributed by atoms with Gasteiger partial charge in [0.2, 0.25) is 11.8 Å². The van der Waals surface area contributed by atoms with Gasteiger partial charge in [-0.1, -0.05) is 30.3 Å². The van der Waals surface area contributed by atoms with E-state index >= 15 is 0 Å². The second-order valence-electron chi connectivity index (χ2n) is 5.48. The number of nitrogens with zero attached hydrogens (tertiary/aromatic N) is 3. The van der Waals surface area contributed by atoms with E-state index in [9.17, 15) is 4.79 Å². The lowest BCUT2D eigenvalue weighted by molar-refractivity contribution is -0.137. The Balaban J connectivity index is 1.40. The van der Waals surface area contributed by atoms with Crippen LogP contribution in [0.15, 0.2) is 48.7 Å². The third-order valence-corrected chi connectivity index (χ3v) is 4.70. The summed E-state index contributed by atoms with van der Waals surface area (Å²) in [6.07, 6.45) is 1.51. The molecule has 1 aliphatic rings. The monoisotopic (exact) mass is 339 g/mol. The normalized spacial score (nSPS) is 13.9. The Morgan fingerprint density at radius 3 is 2.83 bits per heavy atom. The molecule has 0 N–H and O–H groups in total. The van der Waals surface area contributed by atoms with E-state index in [4.69, 9.17) is 10.00 Å². The molecule has 0 bridgehead atoms. The number of benzene rings is 1. The van der Waals surface area contributed by atoms with E-state index in [2.05, 4.69) is 23.2 Å². The Kier molecular flexibility index (Phi) is 5.34. The second-order valence-corrected chi connectivity index (χ2v) is 6.47. The van der Waals surface area contributed by atoms with Crippen LogP contribution in [0.3, 0.4) is 0 Å². The van der Waals surface area contributed by atoms with E-state index in [0.29, 0.717) is 30.3 Å². The van der Waals surface area contributed by atoms with Crippen LogP contribution < -0.4 is 4.74 Å². The zero-order valence-corrected chi connectivity index (χ0v) is 13.9. The van der Waals surface area contributed by atoms with Gasteiger partial charge in [0.25, 0.3) is 0 Å². The van der Waals surface area contributed by atoms with Crippen LogP contribution in [0.5, 0.6) is 5.88 Å². The summed E-state index contributed by atoms with van der Waals surface area (Å²) in [6, 6.07) is 15.5. The molecule has 6 heteroatoms. The van der Waals surface area contributed by atoms with Crippen molar-refractivity contribution in [1.82, 2.24) is 9.88 Å². The van der Waals surface area contributed by atoms with Gasteiger partial charge in [-0.25, -0.2) is 4.98 Å². The third kappa shape index (κ3) is 4.06. The summed E-state index contributed by atoms with van der Waals surface area (Å²) >= 11 is 1.62. The lowest BCUT2D eigenvalue weighted by Crippen LogP contribution is -2.56. The number of ether oxygens (including phenoxy) is 1. The number of pyridine rings is 1. The molecule has 1 aromatic heterocycles. The minimum Gasteiger partial charge on any atom is -0.470 e. The van der Waals surface area contributed by atoms with Gasteiger partial charge in [-0.3, -0.25) is 4.79 Å². The zero-order chi connectivity index (χ0) is 16.8. The molecule has 1 amide bonds. The highest BCUT2D eigenvalue weighted by atomic mass is 32.2. The summed E-state index contributed by atoms with van der Waals surface area (Å²) in [4.78, 5) is 18.0. The Morgan fingerprint density at radius 2 is 2.08 bits per heavy atom. The van der Waals surface area contributed by atoms with E-state index < -0.39 is 0 Å². The molecular formula is C18H17N3O2S. The van der Waals surface area contributed by atoms with Crippen molar-refractivity contribution in [2.45, 2.75) is 11.9 Å². The highest BCUT2D eigenvalue weighted by molar-refractivity contribution is 7.99. The van der Waals surface area contributed by atoms with Crippen LogP contribution in [0.2, 0.25) is 0 Å². The average Bonchev–Trinajstić information content (AvgIpc) is 2.59. The van der Waals surface area contributed by atoms with Crippen LogP contribution in [0.1, 0.15) is 11.1 Å². The first-order valence-electron chi connectivity index (χ1n) is 7.67. The molecule has 3 rings (SSSR count). The van der Waals surface area contributed by atoms with E-state index in [-0.39, 0.29) is 12.0 Å². The van der Waals surface area contributed by atoms with Crippen LogP contribution in [-0.4, -0.2) is 40.7 Å². The molecule has 5 nitrogen and oxygen atoms in total. The van der Waals surface area contributed by atoms with E-state index in [0.717, 1.165) is 5.75 Å². The SMILES string of the molecule is N#Cc1cccnc1OC1CN(C(=O)CSCc2ccccc2)C1. The number of thioether (sulfide) groups is 1. The summed E-state index contributed by atoms with van der Waals surface area (Å²) < 4.78 is 5.69. The summed E-state index contributed by atoms with van der Waals surface area (Å²) in [5, 5.41) is 9.02. The molecule has 1 saturated heterocycles. The maximum atomic E-state index is 12.1. The Hall–Kier alpha value is -2.52. The molecule has 0 radical (unpaired) electrons. The van der Waals surface area contributed by atoms with Crippen LogP contribution in [0.4, 0.5) is 0 Å². The van der Waals surface area contributed by atoms with Gasteiger partial charge < -0.3 is 9.64 Å². The number of hydrogen-bond acceptors (Lipinski definition) is 5. The predicted molar refractivity (Wildman–Crippen MR) is 92.6 cm³/mol. The molecule has 0 unspecified atom stereocenters. The fourth-order valence-corrected chi connectivity index (χ4v) is 3.25. The lowest BCUT2D eigenvalue weighted by Gasteiger charge is -2.38. The molecule has 0 spiro atoms. The fourth-order valence-electron chi connectivity index (χ4n) is 2.37. The minimum atomic E-state index is -0.0879. The van der Waals surface area contributed by atoms with Crippen molar-refractivity contribution in [3.8, 4) is 11.9 Å². The second kappa shape index (κ2) is 7.84. The number of aromatic nitrogens is 1. The van der Waals surface area contributed by atoms with Gasteiger partial charge >= 0.3 is 0 Å². The van der Waals surface area contributed by atoms with Gasteiger partial charge in [0.1, 0.15) is 17.7 Å². The third-order valence-electron chi connectivity index (χ3n) is 3.71. The smallest absolute Gasteiger partial charge is 0.232 e. The largest absolute Gasteiger partial charge is 0.470 e. The summed E-state index contributed by atoms with van der Waals surface area (Å²) in [5.74, 6) is 1.77. The average molecular weight is 339 g/mol. The van der Waals surface area contributed by atoms with Crippen molar-refractivity contribution in [2.24, 2.45) is 0 Å². The molecule has 0 aliphatic carbocycles. The Bertz CT molecular complexity index is 739. The van der Waals surface area contributed by atoms with Gasteiger partial charge in [-0.2, -0.15) is 5.26 Å². The molecular weight excluding hydrogens is 322 g/mol. The van der Waals surface area contributed by atoms with Crippen LogP contribution >= 0.6 is 11.8 Å². The van der Waals surface area contributed by atoms with Crippen molar-refractivity contribution in [3.63, 3.8) is 0 Å². The van der Waals surface area contributed by atoms with E-state index in [1.165, 1.54) is 5.56 Å². The molecule has 1 fully saturated rings. The van der Waals surface area contributed by atoms with Crippen LogP contribution in [-0.2, 0) is 10.5 Å². The first kappa shape index (κ1) is 16.3. The molecule has 0 saturated carbocycles. The number of amides is 1. The van der Waals surface area contributed by atoms with Crippen molar-refractivity contribution in [1.29, 1.82) is 5.26 Å². The molecule has 24 heavy (non-hydrogen) atoms. The number of carbonyl (C=O) groups excluding carboxylic acids is 1. The lowest BCUT2D eigenvalue weighted by atomic mass is 10.1. The van der Waals surface area contributed by atoms with Crippen molar-refractivity contribution >= 4 is 17.7 Å². The maximum Gasteiger partial charge on any atom is 0.232 e. The molecule has 122 valence electrons. The Morgan fingerprint density at radius 1 is 1.29 bits per heavy atom. The quantitative estimate of drug-likeness (QED) is 0.809. The molecule has 2 aromatic rings. The number of carbonyl (C=O) groups is 1. The van der Waals surface area contributed by atoms with Crippen LogP contribution in [0, 0.1) is 11.3 Å². The van der Waals surface area contributed by atoms with E-state index in [1.54, 1.807) is 35.0 Å². The summed E-state index contributed by atoms with van der Waals surface area (Å²) in [6.45, 7) is 1.10. The van der Waals surface area contributed by atoms with E-state index in [1.807, 2.05) is 18.2 Å². The summed E-state index contributed by atoms with van der Waals surface area (Å²) in [7, 11) is 0. The van der Waals surface area contributed by atoms with Gasteiger partial charge in [0.15, 0.2) is 0 Å². The zero-order valence-electron chi connectivity index (χ0n) is 13.1. The molecule has 1 aromatic carbocycles. The number of rotatable bonds is 6. The molecule has 2 heterocycles. The first-order valence-corrected chi connectivity index (χ1v) is 8.83. The van der Waals surface area contributed by atoms with Gasteiger partial charge in [0, 0.05) is 11.9 Å². The van der Waals surface area contributed by atoms with Crippen molar-refractivity contribution < 1.29 is 9.53 Å².